The van der Waals surface area contributed by atoms with Crippen LogP contribution in [-0.4, -0.2) is 71.2 Å². The zero-order valence-corrected chi connectivity index (χ0v) is 31.8. The molecule has 6 rings (SSSR count). The maximum Gasteiger partial charge on any atom is 1.00 e. The summed E-state index contributed by atoms with van der Waals surface area (Å²) in [6, 6.07) is 0. The Hall–Kier alpha value is -0.517. The third-order valence-corrected chi connectivity index (χ3v) is 8.16. The topological polar surface area (TPSA) is 270 Å². The molecule has 0 bridgehead atoms. The first-order chi connectivity index (χ1) is 20.1. The van der Waals surface area contributed by atoms with Crippen LogP contribution in [0.4, 0.5) is 5.95 Å². The van der Waals surface area contributed by atoms with Crippen LogP contribution in [0.25, 0.3) is 20.7 Å². The minimum Gasteiger partial charge on any atom is -1.00 e. The van der Waals surface area contributed by atoms with Gasteiger partial charge in [0.2, 0.25) is 5.95 Å². The summed E-state index contributed by atoms with van der Waals surface area (Å²) in [6.07, 6.45) is 1.06. The van der Waals surface area contributed by atoms with Crippen LogP contribution in [0.3, 0.4) is 0 Å². The summed E-state index contributed by atoms with van der Waals surface area (Å²) in [5.41, 5.74) is 5.36. The standard InChI is InChI=1S/C11H13N3O4S.C10H12N4O4S.CH2O3.2K.H/c1-5-12-9-8(10(16)13-5)19-11(17)14(9)7-3-2-6(4-15)18-7;11-9-12-7-6(8(16)13-9)19-10(17)14(7)5-2-1-4(3-15)18-5;2-1-4-3;;;/h6-7,15H,2-4H2,1H3,(H,12,13,16);4-5,15H,1-3H2,(H3,11,12,13,16);1,3H;;;/q;;;2*+1;-1/p-1/t6-,7?;4-,5?;;;;/m00..../s1. The number of aromatic amines is 2. The van der Waals surface area contributed by atoms with Crippen molar-refractivity contribution >= 4 is 55.8 Å². The van der Waals surface area contributed by atoms with Gasteiger partial charge in [0.25, 0.3) is 17.6 Å². The number of nitrogens with zero attached hydrogens (tertiary/aromatic N) is 4. The Balaban J connectivity index is 0.000000380. The van der Waals surface area contributed by atoms with Crippen LogP contribution in [0.1, 0.15) is 45.4 Å². The van der Waals surface area contributed by atoms with Crippen molar-refractivity contribution in [2.24, 2.45) is 0 Å². The second-order valence-corrected chi connectivity index (χ2v) is 10.9. The summed E-state index contributed by atoms with van der Waals surface area (Å²) < 4.78 is 14.4. The molecular formula is C22H27K2N7O11S2. The molecule has 0 amide bonds. The number of aryl methyl sites for hydroxylation is 1. The Morgan fingerprint density at radius 2 is 1.36 bits per heavy atom. The number of carbonyl (C=O) groups excluding carboxylic acids is 1. The maximum atomic E-state index is 12.0. The first kappa shape index (κ1) is 39.7. The van der Waals surface area contributed by atoms with Gasteiger partial charge in [0.1, 0.15) is 27.7 Å². The predicted octanol–water partition coefficient (Wildman–Crippen LogP) is -7.92. The van der Waals surface area contributed by atoms with Crippen molar-refractivity contribution in [2.45, 2.75) is 57.3 Å². The van der Waals surface area contributed by atoms with Crippen LogP contribution in [-0.2, 0) is 19.2 Å². The molecule has 0 aliphatic carbocycles. The van der Waals surface area contributed by atoms with Crippen LogP contribution in [0, 0.1) is 6.92 Å². The van der Waals surface area contributed by atoms with E-state index in [9.17, 15) is 19.2 Å². The maximum absolute atomic E-state index is 12.0. The van der Waals surface area contributed by atoms with Crippen molar-refractivity contribution in [2.75, 3.05) is 18.9 Å². The van der Waals surface area contributed by atoms with Crippen LogP contribution < -0.4 is 135 Å². The molecule has 0 spiro atoms. The molecule has 22 heteroatoms. The summed E-state index contributed by atoms with van der Waals surface area (Å²) >= 11 is 1.68. The molecule has 4 atom stereocenters. The molecule has 18 nitrogen and oxygen atoms in total. The number of hydrogen-bond acceptors (Lipinski definition) is 16. The monoisotopic (exact) mass is 707 g/mol. The van der Waals surface area contributed by atoms with Crippen molar-refractivity contribution in [3.63, 3.8) is 0 Å². The molecule has 44 heavy (non-hydrogen) atoms. The van der Waals surface area contributed by atoms with Crippen molar-refractivity contribution < 1.29 is 139 Å². The largest absolute Gasteiger partial charge is 1.00 e. The van der Waals surface area contributed by atoms with E-state index in [0.29, 0.717) is 41.9 Å². The Labute approximate surface area is 340 Å². The van der Waals surface area contributed by atoms with E-state index in [1.165, 1.54) is 9.13 Å². The van der Waals surface area contributed by atoms with Gasteiger partial charge in [-0.25, -0.2) is 4.98 Å². The number of nitrogens with one attached hydrogen (secondary N) is 2. The molecule has 0 radical (unpaired) electrons. The van der Waals surface area contributed by atoms with Gasteiger partial charge in [0.15, 0.2) is 11.3 Å². The number of aromatic nitrogens is 6. The minimum absolute atomic E-state index is 0. The van der Waals surface area contributed by atoms with Gasteiger partial charge in [-0.15, -0.1) is 0 Å². The number of nitrogens with two attached hydrogens (primary N) is 1. The molecule has 0 saturated carbocycles. The summed E-state index contributed by atoms with van der Waals surface area (Å²) in [6.45, 7) is 1.32. The molecule has 0 aromatic carbocycles. The third kappa shape index (κ3) is 9.09. The molecule has 230 valence electrons. The molecule has 2 saturated heterocycles. The number of fused-ring (bicyclic) bond motifs is 2. The Morgan fingerprint density at radius 1 is 0.932 bits per heavy atom. The Morgan fingerprint density at radius 3 is 1.77 bits per heavy atom. The van der Waals surface area contributed by atoms with Gasteiger partial charge in [-0.2, -0.15) is 4.98 Å². The molecular weight excluding hydrogens is 681 g/mol. The first-order valence-electron chi connectivity index (χ1n) is 12.4. The van der Waals surface area contributed by atoms with Gasteiger partial charge in [-0.3, -0.25) is 38.1 Å². The molecule has 4 aromatic rings. The average Bonchev–Trinajstić information content (AvgIpc) is 3.74. The van der Waals surface area contributed by atoms with Crippen molar-refractivity contribution in [3.05, 3.63) is 45.9 Å². The zero-order chi connectivity index (χ0) is 30.6. The van der Waals surface area contributed by atoms with Crippen LogP contribution in [0.2, 0.25) is 0 Å². The fourth-order valence-electron chi connectivity index (χ4n) is 4.51. The second-order valence-electron chi connectivity index (χ2n) is 9.02. The van der Waals surface area contributed by atoms with Crippen molar-refractivity contribution in [1.82, 2.24) is 29.1 Å². The Bertz CT molecular complexity index is 1680. The summed E-state index contributed by atoms with van der Waals surface area (Å²) in [7, 11) is 0. The summed E-state index contributed by atoms with van der Waals surface area (Å²) in [4.78, 5) is 71.3. The van der Waals surface area contributed by atoms with Gasteiger partial charge in [-0.05, 0) is 32.6 Å². The molecule has 6 N–H and O–H groups in total. The van der Waals surface area contributed by atoms with E-state index in [2.05, 4.69) is 24.8 Å². The number of hydrogen-bond donors (Lipinski definition) is 5. The quantitative estimate of drug-likeness (QED) is 0.0558. The molecule has 6 heterocycles. The van der Waals surface area contributed by atoms with Crippen LogP contribution in [0.5, 0.6) is 0 Å². The fraction of sp³-hybridized carbons (Fsp3) is 0.500. The third-order valence-electron chi connectivity index (χ3n) is 6.28. The van der Waals surface area contributed by atoms with Gasteiger partial charge in [0.05, 0.1) is 25.4 Å². The molecule has 2 unspecified atom stereocenters. The summed E-state index contributed by atoms with van der Waals surface area (Å²) in [5.74, 6) is 0.418. The van der Waals surface area contributed by atoms with Crippen LogP contribution in [0.15, 0.2) is 19.2 Å². The smallest absolute Gasteiger partial charge is 1.00 e. The number of anilines is 1. The number of thiazole rings is 2. The van der Waals surface area contributed by atoms with Crippen molar-refractivity contribution in [1.29, 1.82) is 0 Å². The van der Waals surface area contributed by atoms with Crippen molar-refractivity contribution in [3.8, 4) is 0 Å². The Kier molecular flexibility index (Phi) is 16.4. The number of ether oxygens (including phenoxy) is 2. The number of rotatable bonds is 5. The molecule has 4 aromatic heterocycles. The van der Waals surface area contributed by atoms with E-state index >= 15 is 0 Å². The molecule has 2 fully saturated rings. The van der Waals surface area contributed by atoms with E-state index in [-0.39, 0.29) is 168 Å². The number of carbonyl (C=O) groups is 1. The SMILES string of the molecule is Cc1nc2c(sc(=O)n2C2CC[C@@H](CO)O2)c(=O)[nH]1.Nc1nc2c(sc(=O)n2C2CC[C@@H](CO)O2)c(=O)[nH]1.O=CO[O-].[H-].[K+].[K+]. The van der Waals surface area contributed by atoms with E-state index in [0.717, 1.165) is 22.7 Å². The predicted molar refractivity (Wildman–Crippen MR) is 147 cm³/mol. The first-order valence-corrected chi connectivity index (χ1v) is 14.0. The number of aliphatic hydroxyl groups is 2. The minimum atomic E-state index is -0.507. The van der Waals surface area contributed by atoms with Gasteiger partial charge in [-0.1, -0.05) is 22.7 Å². The normalized spacial score (nSPS) is 20.5. The zero-order valence-electron chi connectivity index (χ0n) is 24.9. The number of aliphatic hydroxyl groups excluding tert-OH is 2. The molecule has 2 aliphatic heterocycles. The second kappa shape index (κ2) is 18.1. The number of nitrogen functional groups attached to an aromatic ring is 1. The molecule has 2 aliphatic rings. The van der Waals surface area contributed by atoms with Gasteiger partial charge < -0.3 is 42.0 Å². The van der Waals surface area contributed by atoms with E-state index < -0.39 is 18.0 Å². The number of H-pyrrole nitrogens is 2. The van der Waals surface area contributed by atoms with Gasteiger partial charge in [0, 0.05) is 0 Å². The fourth-order valence-corrected chi connectivity index (χ4v) is 6.23. The summed E-state index contributed by atoms with van der Waals surface area (Å²) in [5, 5.41) is 26.6. The van der Waals surface area contributed by atoms with E-state index in [1.807, 2.05) is 0 Å². The van der Waals surface area contributed by atoms with E-state index in [4.69, 9.17) is 35.5 Å². The average molecular weight is 708 g/mol. The van der Waals surface area contributed by atoms with Gasteiger partial charge >= 0.3 is 113 Å². The van der Waals surface area contributed by atoms with E-state index in [1.54, 1.807) is 6.92 Å². The van der Waals surface area contributed by atoms with Crippen LogP contribution >= 0.6 is 22.7 Å².